The van der Waals surface area contributed by atoms with Gasteiger partial charge in [-0.05, 0) is 235 Å². The molecule has 0 saturated carbocycles. The van der Waals surface area contributed by atoms with Gasteiger partial charge >= 0.3 is 0 Å². The maximum Gasteiger partial charge on any atom is 0.0468 e. The maximum absolute atomic E-state index is 2.57. The average molecular weight is 1280 g/mol. The van der Waals surface area contributed by atoms with Gasteiger partial charge in [-0.1, -0.05) is 292 Å². The molecule has 14 aromatic carbocycles. The summed E-state index contributed by atoms with van der Waals surface area (Å²) in [4.78, 5) is 5.13. The summed E-state index contributed by atoms with van der Waals surface area (Å²) in [7, 11) is 0. The zero-order valence-corrected chi connectivity index (χ0v) is 58.2. The lowest BCUT2D eigenvalue weighted by Gasteiger charge is -2.31. The summed E-state index contributed by atoms with van der Waals surface area (Å²) in [5.74, 6) is 0. The normalized spacial score (nSPS) is 15.6. The second-order valence-corrected chi connectivity index (χ2v) is 30.6. The third kappa shape index (κ3) is 8.81. The Kier molecular flexibility index (Phi) is 13.2. The van der Waals surface area contributed by atoms with Crippen LogP contribution in [0.1, 0.15) is 113 Å². The number of rotatable bonds is 10. The SMILES string of the molecule is CC1(C)C2=C(C=CCC2)c2ccc(N(c3ccc4c(c3)C(C)(C)c3ccccc3-4)c3ccc4c(-c5ccccc5-c5ccccc5)c5cc(N(c6ccc7c(c6)C(C)(C)c6ccccc6-7)c6ccc7c(c6)C(C)(C)c6ccccc6-7)ccc5c(-c5ccccc5-c5ccccc5)c4c3)cc21. The predicted molar refractivity (Wildman–Crippen MR) is 424 cm³/mol. The van der Waals surface area contributed by atoms with E-state index < -0.39 is 0 Å². The molecule has 19 rings (SSSR count). The molecule has 2 heteroatoms. The molecule has 0 fully saturated rings. The van der Waals surface area contributed by atoms with Crippen molar-refractivity contribution in [2.75, 3.05) is 9.80 Å². The number of hydrogen-bond donors (Lipinski definition) is 0. The van der Waals surface area contributed by atoms with Crippen LogP contribution in [-0.2, 0) is 21.7 Å². The van der Waals surface area contributed by atoms with Gasteiger partial charge in [0.1, 0.15) is 0 Å². The Bertz CT molecular complexity index is 5740. The molecular formula is C98H78N2. The Morgan fingerprint density at radius 3 is 0.930 bits per heavy atom. The molecule has 0 heterocycles. The van der Waals surface area contributed by atoms with Gasteiger partial charge in [0.05, 0.1) is 0 Å². The fourth-order valence-electron chi connectivity index (χ4n) is 18.7. The van der Waals surface area contributed by atoms with Crippen molar-refractivity contribution in [3.63, 3.8) is 0 Å². The Morgan fingerprint density at radius 2 is 0.540 bits per heavy atom. The lowest BCUT2D eigenvalue weighted by molar-refractivity contribution is 0.607. The molecule has 0 saturated heterocycles. The van der Waals surface area contributed by atoms with E-state index in [0.29, 0.717) is 0 Å². The van der Waals surface area contributed by atoms with E-state index in [1.807, 2.05) is 0 Å². The fourth-order valence-corrected chi connectivity index (χ4v) is 18.7. The third-order valence-corrected chi connectivity index (χ3v) is 23.8. The van der Waals surface area contributed by atoms with Gasteiger partial charge in [0.15, 0.2) is 0 Å². The van der Waals surface area contributed by atoms with Gasteiger partial charge in [-0.25, -0.2) is 0 Å². The summed E-state index contributed by atoms with van der Waals surface area (Å²) >= 11 is 0. The van der Waals surface area contributed by atoms with Crippen LogP contribution in [0.2, 0.25) is 0 Å². The Morgan fingerprint density at radius 1 is 0.240 bits per heavy atom. The van der Waals surface area contributed by atoms with Crippen molar-refractivity contribution < 1.29 is 0 Å². The summed E-state index contributed by atoms with van der Waals surface area (Å²) in [6, 6.07) is 111. The number of hydrogen-bond acceptors (Lipinski definition) is 2. The molecule has 0 N–H and O–H groups in total. The quantitative estimate of drug-likeness (QED) is 0.126. The summed E-state index contributed by atoms with van der Waals surface area (Å²) in [5.41, 5.74) is 37.1. The van der Waals surface area contributed by atoms with Crippen molar-refractivity contribution in [2.24, 2.45) is 0 Å². The lowest BCUT2D eigenvalue weighted by Crippen LogP contribution is -2.19. The van der Waals surface area contributed by atoms with Crippen molar-refractivity contribution in [1.82, 2.24) is 0 Å². The van der Waals surface area contributed by atoms with Crippen molar-refractivity contribution in [1.29, 1.82) is 0 Å². The molecular weight excluding hydrogens is 1210 g/mol. The van der Waals surface area contributed by atoms with Crippen molar-refractivity contribution >= 4 is 61.2 Å². The lowest BCUT2D eigenvalue weighted by atomic mass is 9.78. The van der Waals surface area contributed by atoms with E-state index in [9.17, 15) is 0 Å². The first kappa shape index (κ1) is 59.9. The highest BCUT2D eigenvalue weighted by atomic mass is 15.1. The van der Waals surface area contributed by atoms with E-state index in [1.54, 1.807) is 5.57 Å². The summed E-state index contributed by atoms with van der Waals surface area (Å²) in [6.45, 7) is 19.3. The summed E-state index contributed by atoms with van der Waals surface area (Å²) in [6.07, 6.45) is 6.91. The second kappa shape index (κ2) is 22.1. The van der Waals surface area contributed by atoms with Crippen LogP contribution in [0.15, 0.2) is 309 Å². The predicted octanol–water partition coefficient (Wildman–Crippen LogP) is 26.9. The number of allylic oxidation sites excluding steroid dienone is 4. The summed E-state index contributed by atoms with van der Waals surface area (Å²) in [5, 5.41) is 4.72. The molecule has 0 atom stereocenters. The van der Waals surface area contributed by atoms with E-state index in [0.717, 1.165) is 47.0 Å². The van der Waals surface area contributed by atoms with Crippen LogP contribution in [0.3, 0.4) is 0 Å². The molecule has 5 aliphatic rings. The highest BCUT2D eigenvalue weighted by Gasteiger charge is 2.41. The fraction of sp³-hybridized carbons (Fsp3) is 0.143. The Balaban J connectivity index is 0.910. The first-order valence-corrected chi connectivity index (χ1v) is 35.9. The largest absolute Gasteiger partial charge is 0.310 e. The molecule has 14 aromatic rings. The van der Waals surface area contributed by atoms with Crippen LogP contribution >= 0.6 is 0 Å². The standard InChI is InChI=1S/C98H78N2/c1-95(2)85-39-23-19-33-71(85)75-49-43-65(57-89(75)95)99(66-44-50-76-72-34-20-24-40-86(72)96(3,4)90(76)58-66)63-47-53-81-83(55-63)93(79-37-17-15-31-69(79)61-27-11-9-12-28-61)82-54-48-64(56-84(82)94(81)80-38-18-16-32-70(80)62-29-13-10-14-30-62)100(67-45-51-77-73-35-21-25-41-87(73)97(5,6)91(77)59-67)68-46-52-78-74-36-22-26-42-88(74)98(7,8)92(78)60-68/h9-25,27-41,43-60H,26,42H2,1-8H3. The number of fused-ring (bicyclic) bond motifs is 13. The average Bonchev–Trinajstić information content (AvgIpc) is 1.33. The van der Waals surface area contributed by atoms with Gasteiger partial charge in [-0.2, -0.15) is 0 Å². The van der Waals surface area contributed by atoms with Gasteiger partial charge in [-0.3, -0.25) is 0 Å². The minimum Gasteiger partial charge on any atom is -0.310 e. The molecule has 2 nitrogen and oxygen atoms in total. The van der Waals surface area contributed by atoms with Gasteiger partial charge in [0.2, 0.25) is 0 Å². The Hall–Kier alpha value is -11.3. The molecule has 0 radical (unpaired) electrons. The number of anilines is 6. The number of benzene rings is 14. The van der Waals surface area contributed by atoms with E-state index in [2.05, 4.69) is 369 Å². The van der Waals surface area contributed by atoms with Gasteiger partial charge in [0.25, 0.3) is 0 Å². The monoisotopic (exact) mass is 1280 g/mol. The van der Waals surface area contributed by atoms with Crippen LogP contribution < -0.4 is 9.80 Å². The smallest absolute Gasteiger partial charge is 0.0468 e. The molecule has 0 aliphatic heterocycles. The van der Waals surface area contributed by atoms with Crippen LogP contribution in [0.4, 0.5) is 34.1 Å². The third-order valence-electron chi connectivity index (χ3n) is 23.8. The second-order valence-electron chi connectivity index (χ2n) is 30.6. The minimum atomic E-state index is -0.213. The van der Waals surface area contributed by atoms with Gasteiger partial charge < -0.3 is 9.80 Å². The summed E-state index contributed by atoms with van der Waals surface area (Å²) < 4.78 is 0. The molecule has 480 valence electrons. The maximum atomic E-state index is 2.57. The van der Waals surface area contributed by atoms with Crippen molar-refractivity contribution in [2.45, 2.75) is 89.9 Å². The zero-order chi connectivity index (χ0) is 67.6. The van der Waals surface area contributed by atoms with Crippen molar-refractivity contribution in [3.8, 4) is 77.9 Å². The first-order chi connectivity index (χ1) is 48.6. The van der Waals surface area contributed by atoms with Gasteiger partial charge in [0, 0.05) is 55.8 Å². The van der Waals surface area contributed by atoms with Crippen LogP contribution in [-0.4, -0.2) is 0 Å². The highest BCUT2D eigenvalue weighted by Crippen LogP contribution is 2.58. The van der Waals surface area contributed by atoms with Crippen LogP contribution in [0, 0.1) is 0 Å². The molecule has 0 amide bonds. The van der Waals surface area contributed by atoms with E-state index >= 15 is 0 Å². The number of nitrogens with zero attached hydrogens (tertiary/aromatic N) is 2. The molecule has 0 aromatic heterocycles. The van der Waals surface area contributed by atoms with E-state index in [-0.39, 0.29) is 21.7 Å². The van der Waals surface area contributed by atoms with Gasteiger partial charge in [-0.15, -0.1) is 0 Å². The molecule has 0 bridgehead atoms. The van der Waals surface area contributed by atoms with E-state index in [1.165, 1.54) is 150 Å². The van der Waals surface area contributed by atoms with Crippen molar-refractivity contribution in [3.05, 3.63) is 353 Å². The molecule has 100 heavy (non-hydrogen) atoms. The minimum absolute atomic E-state index is 0.128. The molecule has 5 aliphatic carbocycles. The Labute approximate surface area is 588 Å². The van der Waals surface area contributed by atoms with Crippen LogP contribution in [0.25, 0.3) is 105 Å². The first-order valence-electron chi connectivity index (χ1n) is 35.9. The zero-order valence-electron chi connectivity index (χ0n) is 58.2. The van der Waals surface area contributed by atoms with E-state index in [4.69, 9.17) is 0 Å². The van der Waals surface area contributed by atoms with Crippen LogP contribution in [0.5, 0.6) is 0 Å². The topological polar surface area (TPSA) is 6.48 Å². The molecule has 0 unspecified atom stereocenters. The molecule has 0 spiro atoms. The highest BCUT2D eigenvalue weighted by molar-refractivity contribution is 6.25.